The third kappa shape index (κ3) is 8.70. The number of ether oxygens (including phenoxy) is 2. The Morgan fingerprint density at radius 1 is 0.755 bits per heavy atom. The van der Waals surface area contributed by atoms with Gasteiger partial charge in [-0.2, -0.15) is 0 Å². The highest BCUT2D eigenvalue weighted by atomic mass is 16.5. The number of methoxy groups -OCH3 is 2. The molecule has 280 valence electrons. The van der Waals surface area contributed by atoms with Crippen LogP contribution in [0.3, 0.4) is 0 Å². The molecule has 4 atom stereocenters. The van der Waals surface area contributed by atoms with Crippen LogP contribution in [0, 0.1) is 5.92 Å². The van der Waals surface area contributed by atoms with Gasteiger partial charge in [-0.1, -0.05) is 81.6 Å². The number of likely N-dealkylation sites (tertiary alicyclic amines) is 1. The number of hydrogen-bond donors (Lipinski definition) is 5. The van der Waals surface area contributed by atoms with E-state index >= 15 is 0 Å². The summed E-state index contributed by atoms with van der Waals surface area (Å²) in [6.07, 6.45) is 7.97. The van der Waals surface area contributed by atoms with Gasteiger partial charge in [-0.3, -0.25) is 9.59 Å². The lowest BCUT2D eigenvalue weighted by Gasteiger charge is -2.30. The quantitative estimate of drug-likeness (QED) is 0.139. The van der Waals surface area contributed by atoms with Crippen LogP contribution in [0.25, 0.3) is 33.6 Å². The van der Waals surface area contributed by atoms with Crippen molar-refractivity contribution in [3.05, 3.63) is 72.6 Å². The van der Waals surface area contributed by atoms with Crippen LogP contribution in [0.2, 0.25) is 0 Å². The third-order valence-electron chi connectivity index (χ3n) is 10.1. The summed E-state index contributed by atoms with van der Waals surface area (Å²) in [4.78, 5) is 68.1. The first-order valence-corrected chi connectivity index (χ1v) is 18.3. The lowest BCUT2D eigenvalue weighted by molar-refractivity contribution is -0.135. The predicted octanol–water partition coefficient (Wildman–Crippen LogP) is 6.02. The maximum absolute atomic E-state index is 13.5. The van der Waals surface area contributed by atoms with Crippen LogP contribution in [0.15, 0.2) is 60.9 Å². The summed E-state index contributed by atoms with van der Waals surface area (Å²) < 4.78 is 9.45. The fourth-order valence-electron chi connectivity index (χ4n) is 7.08. The van der Waals surface area contributed by atoms with Gasteiger partial charge in [-0.05, 0) is 53.9 Å². The van der Waals surface area contributed by atoms with E-state index in [0.717, 1.165) is 78.0 Å². The summed E-state index contributed by atoms with van der Waals surface area (Å²) in [5.41, 5.74) is 5.75. The van der Waals surface area contributed by atoms with Gasteiger partial charge in [0, 0.05) is 6.54 Å². The summed E-state index contributed by atoms with van der Waals surface area (Å²) >= 11 is 0. The van der Waals surface area contributed by atoms with Crippen molar-refractivity contribution >= 4 is 24.0 Å². The van der Waals surface area contributed by atoms with E-state index in [9.17, 15) is 19.2 Å². The largest absolute Gasteiger partial charge is 0.453 e. The van der Waals surface area contributed by atoms with Crippen molar-refractivity contribution in [3.63, 3.8) is 0 Å². The zero-order valence-corrected chi connectivity index (χ0v) is 30.6. The van der Waals surface area contributed by atoms with E-state index in [4.69, 9.17) is 9.47 Å². The Kier molecular flexibility index (Phi) is 11.8. The number of carbonyl (C=O) groups is 4. The number of nitrogens with one attached hydrogen (secondary N) is 5. The number of benzene rings is 2. The molecule has 0 bridgehead atoms. The number of amides is 4. The second kappa shape index (κ2) is 16.8. The van der Waals surface area contributed by atoms with Gasteiger partial charge >= 0.3 is 12.2 Å². The molecule has 0 spiro atoms. The number of alkyl carbamates (subject to hydrolysis) is 2. The first-order valence-electron chi connectivity index (χ1n) is 18.3. The molecule has 14 nitrogen and oxygen atoms in total. The molecule has 4 aromatic rings. The standard InChI is InChI=1S/C39H48N8O6/c1-23(2)33(46-39(51)53-4)37(49)47-20-8-11-32(47)35-41-22-31(43-35)27-18-14-25(15-19-27)24-12-16-26(17-13-24)30-21-40-34(42-30)28-9-6-5-7-10-29(36(48)44-28)45-38(50)52-3/h12-19,21-23,28-29,32-33H,5-11,20H2,1-4H3,(H,40,42)(H,41,43)(H,44,48)(H,45,50)(H,46,51). The molecule has 5 N–H and O–H groups in total. The van der Waals surface area contributed by atoms with E-state index in [1.807, 2.05) is 38.1 Å². The average molecular weight is 725 g/mol. The van der Waals surface area contributed by atoms with Gasteiger partial charge in [0.05, 0.1) is 50.1 Å². The number of imidazole rings is 2. The summed E-state index contributed by atoms with van der Waals surface area (Å²) in [5, 5.41) is 8.39. The average Bonchev–Trinajstić information content (AvgIpc) is 3.97. The second-order valence-electron chi connectivity index (χ2n) is 14.0. The molecule has 2 fully saturated rings. The highest BCUT2D eigenvalue weighted by molar-refractivity contribution is 5.87. The zero-order chi connectivity index (χ0) is 37.5. The highest BCUT2D eigenvalue weighted by Gasteiger charge is 2.37. The molecule has 2 aliphatic heterocycles. The number of rotatable bonds is 9. The normalized spacial score (nSPS) is 19.8. The Morgan fingerprint density at radius 3 is 1.92 bits per heavy atom. The molecule has 14 heteroatoms. The highest BCUT2D eigenvalue weighted by Crippen LogP contribution is 2.33. The van der Waals surface area contributed by atoms with Crippen LogP contribution in [-0.2, 0) is 19.1 Å². The second-order valence-corrected chi connectivity index (χ2v) is 14.0. The maximum atomic E-state index is 13.5. The van der Waals surface area contributed by atoms with Crippen molar-refractivity contribution in [2.45, 2.75) is 83.0 Å². The smallest absolute Gasteiger partial charge is 0.407 e. The molecule has 6 rings (SSSR count). The molecule has 0 radical (unpaired) electrons. The molecule has 2 saturated heterocycles. The van der Waals surface area contributed by atoms with Crippen molar-refractivity contribution < 1.29 is 28.7 Å². The number of H-pyrrole nitrogens is 2. The van der Waals surface area contributed by atoms with Crippen molar-refractivity contribution in [1.82, 2.24) is 40.8 Å². The van der Waals surface area contributed by atoms with E-state index in [2.05, 4.69) is 60.2 Å². The lowest BCUT2D eigenvalue weighted by Crippen LogP contribution is -2.51. The summed E-state index contributed by atoms with van der Waals surface area (Å²) in [7, 11) is 2.57. The van der Waals surface area contributed by atoms with Crippen LogP contribution >= 0.6 is 0 Å². The van der Waals surface area contributed by atoms with Gasteiger partial charge in [0.25, 0.3) is 0 Å². The summed E-state index contributed by atoms with van der Waals surface area (Å²) in [6, 6.07) is 14.6. The Labute approximate surface area is 308 Å². The van der Waals surface area contributed by atoms with Gasteiger partial charge in [-0.15, -0.1) is 0 Å². The van der Waals surface area contributed by atoms with Crippen LogP contribution in [0.4, 0.5) is 9.59 Å². The maximum Gasteiger partial charge on any atom is 0.407 e. The lowest BCUT2D eigenvalue weighted by atomic mass is 10.0. The fourth-order valence-corrected chi connectivity index (χ4v) is 7.08. The number of hydrogen-bond acceptors (Lipinski definition) is 8. The van der Waals surface area contributed by atoms with Gasteiger partial charge in [0.2, 0.25) is 11.8 Å². The summed E-state index contributed by atoms with van der Waals surface area (Å²) in [5.74, 6) is 0.907. The first-order chi connectivity index (χ1) is 25.6. The van der Waals surface area contributed by atoms with Gasteiger partial charge < -0.3 is 40.3 Å². The fraction of sp³-hybridized carbons (Fsp3) is 0.436. The van der Waals surface area contributed by atoms with Crippen molar-refractivity contribution in [3.8, 4) is 33.6 Å². The Morgan fingerprint density at radius 2 is 1.32 bits per heavy atom. The van der Waals surface area contributed by atoms with Crippen LogP contribution < -0.4 is 16.0 Å². The molecule has 53 heavy (non-hydrogen) atoms. The van der Waals surface area contributed by atoms with Crippen molar-refractivity contribution in [1.29, 1.82) is 0 Å². The molecule has 2 aromatic heterocycles. The van der Waals surface area contributed by atoms with Gasteiger partial charge in [-0.25, -0.2) is 19.6 Å². The summed E-state index contributed by atoms with van der Waals surface area (Å²) in [6.45, 7) is 4.39. The van der Waals surface area contributed by atoms with Crippen molar-refractivity contribution in [2.24, 2.45) is 5.92 Å². The minimum Gasteiger partial charge on any atom is -0.453 e. The number of nitrogens with zero attached hydrogens (tertiary/aromatic N) is 3. The van der Waals surface area contributed by atoms with Crippen LogP contribution in [0.1, 0.15) is 82.5 Å². The van der Waals surface area contributed by atoms with Crippen molar-refractivity contribution in [2.75, 3.05) is 20.8 Å². The van der Waals surface area contributed by atoms with Gasteiger partial charge in [0.1, 0.15) is 23.7 Å². The van der Waals surface area contributed by atoms with E-state index < -0.39 is 24.3 Å². The molecule has 4 amide bonds. The van der Waals surface area contributed by atoms with Crippen LogP contribution in [-0.4, -0.2) is 81.7 Å². The topological polar surface area (TPSA) is 183 Å². The van der Waals surface area contributed by atoms with Gasteiger partial charge in [0.15, 0.2) is 0 Å². The molecule has 0 saturated carbocycles. The van der Waals surface area contributed by atoms with E-state index in [-0.39, 0.29) is 29.8 Å². The van der Waals surface area contributed by atoms with E-state index in [1.165, 1.54) is 14.2 Å². The molecule has 4 unspecified atom stereocenters. The number of carbonyl (C=O) groups excluding carboxylic acids is 4. The molecular formula is C39H48N8O6. The Balaban J connectivity index is 1.10. The Hall–Kier alpha value is -5.66. The molecule has 0 aliphatic carbocycles. The monoisotopic (exact) mass is 724 g/mol. The molecule has 4 heterocycles. The molecule has 2 aliphatic rings. The number of aromatic amines is 2. The Bertz CT molecular complexity index is 1890. The minimum atomic E-state index is -0.687. The SMILES string of the molecule is COC(=O)NC1CCCCCC(c2ncc(-c3ccc(-c4ccc(-c5cnc(C6CCCN6C(=O)C(NC(=O)OC)C(C)C)[nH]5)cc4)cc3)[nH]2)NC1=O. The number of aromatic nitrogens is 4. The van der Waals surface area contributed by atoms with Crippen LogP contribution in [0.5, 0.6) is 0 Å². The minimum absolute atomic E-state index is 0.104. The van der Waals surface area contributed by atoms with E-state index in [1.54, 1.807) is 17.3 Å². The molecular weight excluding hydrogens is 676 g/mol. The molecule has 2 aromatic carbocycles. The zero-order valence-electron chi connectivity index (χ0n) is 30.6. The first kappa shape index (κ1) is 37.1. The van der Waals surface area contributed by atoms with E-state index in [0.29, 0.717) is 18.8 Å². The predicted molar refractivity (Wildman–Crippen MR) is 198 cm³/mol. The third-order valence-corrected chi connectivity index (χ3v) is 10.1.